The predicted octanol–water partition coefficient (Wildman–Crippen LogP) is 0.380. The zero-order chi connectivity index (χ0) is 13.9. The van der Waals surface area contributed by atoms with Gasteiger partial charge in [0.25, 0.3) is 0 Å². The van der Waals surface area contributed by atoms with E-state index in [4.69, 9.17) is 18.0 Å². The number of hydrogen-bond donors (Lipinski definition) is 1. The van der Waals surface area contributed by atoms with Gasteiger partial charge in [0.05, 0.1) is 10.4 Å². The van der Waals surface area contributed by atoms with E-state index in [1.807, 2.05) is 0 Å². The Kier molecular flexibility index (Phi) is 4.67. The van der Waals surface area contributed by atoms with Crippen LogP contribution in [0, 0.1) is 5.41 Å². The minimum atomic E-state index is -0.819. The maximum absolute atomic E-state index is 12.3. The molecular formula is C12H21N3O2S. The fourth-order valence-corrected chi connectivity index (χ4v) is 2.02. The molecule has 0 spiro atoms. The van der Waals surface area contributed by atoms with Crippen molar-refractivity contribution in [3.05, 3.63) is 0 Å². The summed E-state index contributed by atoms with van der Waals surface area (Å²) in [5.41, 5.74) is 4.79. The fraction of sp³-hybridized carbons (Fsp3) is 0.750. The summed E-state index contributed by atoms with van der Waals surface area (Å²) < 4.78 is 0. The summed E-state index contributed by atoms with van der Waals surface area (Å²) in [7, 11) is 0. The third kappa shape index (κ3) is 3.19. The number of hydrogen-bond acceptors (Lipinski definition) is 3. The smallest absolute Gasteiger partial charge is 0.235 e. The molecule has 1 rings (SSSR count). The molecule has 1 aliphatic rings. The van der Waals surface area contributed by atoms with Crippen molar-refractivity contribution in [1.29, 1.82) is 0 Å². The average molecular weight is 271 g/mol. The maximum atomic E-state index is 12.3. The first-order valence-electron chi connectivity index (χ1n) is 6.11. The number of amides is 2. The highest BCUT2D eigenvalue weighted by molar-refractivity contribution is 7.80. The van der Waals surface area contributed by atoms with E-state index in [0.29, 0.717) is 26.2 Å². The molecule has 6 heteroatoms. The number of nitrogens with zero attached hydrogens (tertiary/aromatic N) is 2. The molecule has 1 heterocycles. The number of carbonyl (C=O) groups is 2. The molecule has 0 aromatic carbocycles. The van der Waals surface area contributed by atoms with Crippen LogP contribution in [0.15, 0.2) is 0 Å². The van der Waals surface area contributed by atoms with Crippen LogP contribution >= 0.6 is 12.2 Å². The molecule has 2 amide bonds. The Hall–Kier alpha value is -1.17. The Labute approximate surface area is 113 Å². The van der Waals surface area contributed by atoms with E-state index in [1.165, 1.54) is 0 Å². The molecular weight excluding hydrogens is 250 g/mol. The first kappa shape index (κ1) is 14.9. The number of carbonyl (C=O) groups excluding carboxylic acids is 2. The van der Waals surface area contributed by atoms with Gasteiger partial charge in [0, 0.05) is 33.1 Å². The zero-order valence-corrected chi connectivity index (χ0v) is 12.0. The van der Waals surface area contributed by atoms with Crippen molar-refractivity contribution < 1.29 is 9.59 Å². The quantitative estimate of drug-likeness (QED) is 0.737. The topological polar surface area (TPSA) is 66.6 Å². The third-order valence-corrected chi connectivity index (χ3v) is 3.89. The molecule has 0 bridgehead atoms. The minimum absolute atomic E-state index is 0.0536. The van der Waals surface area contributed by atoms with Crippen LogP contribution in [-0.2, 0) is 9.59 Å². The van der Waals surface area contributed by atoms with Gasteiger partial charge in [0.2, 0.25) is 11.8 Å². The van der Waals surface area contributed by atoms with Gasteiger partial charge in [0.15, 0.2) is 0 Å². The number of thiocarbonyl (C=S) groups is 1. The lowest BCUT2D eigenvalue weighted by molar-refractivity contribution is -0.137. The lowest BCUT2D eigenvalue weighted by Crippen LogP contribution is -2.48. The van der Waals surface area contributed by atoms with Gasteiger partial charge in [-0.05, 0) is 20.3 Å². The lowest BCUT2D eigenvalue weighted by Gasteiger charge is -2.30. The third-order valence-electron chi connectivity index (χ3n) is 3.38. The van der Waals surface area contributed by atoms with Crippen molar-refractivity contribution in [3.63, 3.8) is 0 Å². The maximum Gasteiger partial charge on any atom is 0.235 e. The van der Waals surface area contributed by atoms with Gasteiger partial charge >= 0.3 is 0 Å². The predicted molar refractivity (Wildman–Crippen MR) is 74.0 cm³/mol. The molecule has 0 aromatic heterocycles. The van der Waals surface area contributed by atoms with E-state index in [-0.39, 0.29) is 16.8 Å². The summed E-state index contributed by atoms with van der Waals surface area (Å²) in [4.78, 5) is 27.4. The van der Waals surface area contributed by atoms with Crippen molar-refractivity contribution in [2.45, 2.75) is 27.2 Å². The zero-order valence-electron chi connectivity index (χ0n) is 11.2. The summed E-state index contributed by atoms with van der Waals surface area (Å²) in [5, 5.41) is 0. The van der Waals surface area contributed by atoms with E-state index < -0.39 is 5.41 Å². The van der Waals surface area contributed by atoms with Crippen LogP contribution in [0.1, 0.15) is 27.2 Å². The Balaban J connectivity index is 2.72. The molecule has 0 radical (unpaired) electrons. The normalized spacial score (nSPS) is 17.3. The molecule has 0 aliphatic carbocycles. The molecule has 1 aliphatic heterocycles. The van der Waals surface area contributed by atoms with E-state index in [1.54, 1.807) is 30.6 Å². The summed E-state index contributed by atoms with van der Waals surface area (Å²) in [6.45, 7) is 7.51. The highest BCUT2D eigenvalue weighted by Crippen LogP contribution is 2.20. The molecule has 1 fully saturated rings. The van der Waals surface area contributed by atoms with Gasteiger partial charge in [-0.15, -0.1) is 0 Å². The second kappa shape index (κ2) is 5.65. The van der Waals surface area contributed by atoms with Gasteiger partial charge in [-0.3, -0.25) is 9.59 Å². The van der Waals surface area contributed by atoms with E-state index in [0.717, 1.165) is 6.42 Å². The first-order chi connectivity index (χ1) is 8.26. The fourth-order valence-electron chi connectivity index (χ4n) is 1.94. The molecule has 18 heavy (non-hydrogen) atoms. The van der Waals surface area contributed by atoms with Gasteiger partial charge in [-0.25, -0.2) is 0 Å². The number of rotatable bonds is 2. The summed E-state index contributed by atoms with van der Waals surface area (Å²) in [6.07, 6.45) is 0.790. The standard InChI is InChI=1S/C12H21N3O2S/c1-9(16)14-5-4-6-15(8-7-14)11(17)12(2,3)10(13)18/h4-8H2,1-3H3,(H2,13,18). The Morgan fingerprint density at radius 1 is 1.11 bits per heavy atom. The van der Waals surface area contributed by atoms with E-state index in [9.17, 15) is 9.59 Å². The largest absolute Gasteiger partial charge is 0.392 e. The monoisotopic (exact) mass is 271 g/mol. The number of nitrogens with two attached hydrogens (primary N) is 1. The Bertz CT molecular complexity index is 368. The Morgan fingerprint density at radius 2 is 1.61 bits per heavy atom. The molecule has 0 saturated carbocycles. The molecule has 102 valence electrons. The van der Waals surface area contributed by atoms with Crippen LogP contribution in [0.5, 0.6) is 0 Å². The summed E-state index contributed by atoms with van der Waals surface area (Å²) in [5.74, 6) is -0.00157. The van der Waals surface area contributed by atoms with Crippen molar-refractivity contribution in [2.24, 2.45) is 11.1 Å². The summed E-state index contributed by atoms with van der Waals surface area (Å²) in [6, 6.07) is 0. The minimum Gasteiger partial charge on any atom is -0.392 e. The average Bonchev–Trinajstić information content (AvgIpc) is 2.52. The molecule has 0 atom stereocenters. The van der Waals surface area contributed by atoms with Gasteiger partial charge in [-0.2, -0.15) is 0 Å². The highest BCUT2D eigenvalue weighted by Gasteiger charge is 2.35. The molecule has 0 aromatic rings. The second-order valence-electron chi connectivity index (χ2n) is 5.14. The van der Waals surface area contributed by atoms with Gasteiger partial charge in [0.1, 0.15) is 0 Å². The van der Waals surface area contributed by atoms with Crippen LogP contribution in [0.3, 0.4) is 0 Å². The van der Waals surface area contributed by atoms with Crippen LogP contribution in [-0.4, -0.2) is 52.8 Å². The Morgan fingerprint density at radius 3 is 2.11 bits per heavy atom. The second-order valence-corrected chi connectivity index (χ2v) is 5.58. The van der Waals surface area contributed by atoms with E-state index in [2.05, 4.69) is 0 Å². The van der Waals surface area contributed by atoms with Crippen molar-refractivity contribution in [1.82, 2.24) is 9.80 Å². The highest BCUT2D eigenvalue weighted by atomic mass is 32.1. The molecule has 2 N–H and O–H groups in total. The molecule has 1 saturated heterocycles. The SMILES string of the molecule is CC(=O)N1CCCN(C(=O)C(C)(C)C(N)=S)CC1. The van der Waals surface area contributed by atoms with Crippen molar-refractivity contribution in [3.8, 4) is 0 Å². The van der Waals surface area contributed by atoms with Crippen LogP contribution in [0.25, 0.3) is 0 Å². The van der Waals surface area contributed by atoms with Crippen molar-refractivity contribution >= 4 is 29.0 Å². The summed E-state index contributed by atoms with van der Waals surface area (Å²) >= 11 is 4.94. The first-order valence-corrected chi connectivity index (χ1v) is 6.52. The molecule has 0 unspecified atom stereocenters. The van der Waals surface area contributed by atoms with Crippen LogP contribution in [0.2, 0.25) is 0 Å². The van der Waals surface area contributed by atoms with Gasteiger partial charge in [-0.1, -0.05) is 12.2 Å². The van der Waals surface area contributed by atoms with Crippen LogP contribution in [0.4, 0.5) is 0 Å². The van der Waals surface area contributed by atoms with Crippen LogP contribution < -0.4 is 5.73 Å². The molecule has 5 nitrogen and oxygen atoms in total. The van der Waals surface area contributed by atoms with E-state index >= 15 is 0 Å². The van der Waals surface area contributed by atoms with Crippen molar-refractivity contribution in [2.75, 3.05) is 26.2 Å². The lowest BCUT2D eigenvalue weighted by atomic mass is 9.91. The van der Waals surface area contributed by atoms with Gasteiger partial charge < -0.3 is 15.5 Å².